The monoisotopic (exact) mass is 470 g/mol. The standard InChI is InChI=1S/C27H26N4O4/c1-4-23(26(33)29-18-10-9-11-19(16-18)35-3)31-24-15-8-7-14-22(24)30-25(27(31)34)20-12-5-6-13-21(20)28-17(2)32/h5-16,23H,4H2,1-3H3,(H,28,32)(H,29,33)/t23-/m1/s1. The van der Waals surface area contributed by atoms with Gasteiger partial charge in [-0.3, -0.25) is 19.0 Å². The van der Waals surface area contributed by atoms with Crippen LogP contribution in [0.25, 0.3) is 22.3 Å². The summed E-state index contributed by atoms with van der Waals surface area (Å²) in [6.07, 6.45) is 0.372. The maximum atomic E-state index is 13.9. The number of fused-ring (bicyclic) bond motifs is 1. The van der Waals surface area contributed by atoms with Crippen LogP contribution in [0, 0.1) is 0 Å². The quantitative estimate of drug-likeness (QED) is 0.410. The largest absolute Gasteiger partial charge is 0.497 e. The average Bonchev–Trinajstić information content (AvgIpc) is 2.85. The third-order valence-corrected chi connectivity index (χ3v) is 5.63. The van der Waals surface area contributed by atoms with E-state index in [2.05, 4.69) is 15.6 Å². The lowest BCUT2D eigenvalue weighted by molar-refractivity contribution is -0.119. The molecule has 1 heterocycles. The molecule has 8 nitrogen and oxygen atoms in total. The zero-order valence-corrected chi connectivity index (χ0v) is 19.7. The van der Waals surface area contributed by atoms with Gasteiger partial charge in [-0.05, 0) is 36.8 Å². The summed E-state index contributed by atoms with van der Waals surface area (Å²) in [5.41, 5.74) is 2.36. The minimum atomic E-state index is -0.798. The Morgan fingerprint density at radius 1 is 1.00 bits per heavy atom. The van der Waals surface area contributed by atoms with E-state index in [9.17, 15) is 14.4 Å². The molecule has 3 aromatic carbocycles. The van der Waals surface area contributed by atoms with Crippen LogP contribution in [0.15, 0.2) is 77.6 Å². The molecular formula is C27H26N4O4. The van der Waals surface area contributed by atoms with E-state index in [4.69, 9.17) is 4.74 Å². The number of carbonyl (C=O) groups excluding carboxylic acids is 2. The maximum Gasteiger partial charge on any atom is 0.278 e. The van der Waals surface area contributed by atoms with Crippen molar-refractivity contribution in [3.05, 3.63) is 83.2 Å². The van der Waals surface area contributed by atoms with Gasteiger partial charge in [0.2, 0.25) is 11.8 Å². The predicted molar refractivity (Wildman–Crippen MR) is 137 cm³/mol. The van der Waals surface area contributed by atoms with Gasteiger partial charge >= 0.3 is 0 Å². The molecule has 4 aromatic rings. The molecule has 4 rings (SSSR count). The van der Waals surface area contributed by atoms with Crippen molar-refractivity contribution < 1.29 is 14.3 Å². The molecule has 0 aliphatic heterocycles. The zero-order chi connectivity index (χ0) is 24.9. The average molecular weight is 471 g/mol. The van der Waals surface area contributed by atoms with Crippen LogP contribution in [0.4, 0.5) is 11.4 Å². The Kier molecular flexibility index (Phi) is 6.91. The van der Waals surface area contributed by atoms with Gasteiger partial charge in [0, 0.05) is 24.2 Å². The van der Waals surface area contributed by atoms with Gasteiger partial charge in [-0.15, -0.1) is 0 Å². The highest BCUT2D eigenvalue weighted by Crippen LogP contribution is 2.28. The van der Waals surface area contributed by atoms with Crippen LogP contribution in [0.3, 0.4) is 0 Å². The molecular weight excluding hydrogens is 444 g/mol. The van der Waals surface area contributed by atoms with E-state index >= 15 is 0 Å². The fourth-order valence-electron chi connectivity index (χ4n) is 4.04. The molecule has 2 amide bonds. The summed E-state index contributed by atoms with van der Waals surface area (Å²) in [7, 11) is 1.55. The van der Waals surface area contributed by atoms with Gasteiger partial charge in [0.15, 0.2) is 0 Å². The van der Waals surface area contributed by atoms with Crippen molar-refractivity contribution in [3.8, 4) is 17.0 Å². The van der Waals surface area contributed by atoms with Crippen LogP contribution in [-0.2, 0) is 9.59 Å². The number of nitrogens with one attached hydrogen (secondary N) is 2. The highest BCUT2D eigenvalue weighted by atomic mass is 16.5. The van der Waals surface area contributed by atoms with Crippen LogP contribution in [0.2, 0.25) is 0 Å². The van der Waals surface area contributed by atoms with Crippen LogP contribution < -0.4 is 20.9 Å². The molecule has 0 unspecified atom stereocenters. The summed E-state index contributed by atoms with van der Waals surface area (Å²) in [5.74, 6) is 0.0159. The predicted octanol–water partition coefficient (Wildman–Crippen LogP) is 4.62. The number of ether oxygens (including phenoxy) is 1. The van der Waals surface area contributed by atoms with E-state index in [1.54, 1.807) is 73.8 Å². The number of carbonyl (C=O) groups is 2. The summed E-state index contributed by atoms with van der Waals surface area (Å²) in [6.45, 7) is 3.25. The van der Waals surface area contributed by atoms with Gasteiger partial charge < -0.3 is 15.4 Å². The van der Waals surface area contributed by atoms with Gasteiger partial charge in [-0.1, -0.05) is 43.3 Å². The lowest BCUT2D eigenvalue weighted by atomic mass is 10.1. The Morgan fingerprint density at radius 3 is 2.49 bits per heavy atom. The summed E-state index contributed by atoms with van der Waals surface area (Å²) >= 11 is 0. The number of benzene rings is 3. The minimum Gasteiger partial charge on any atom is -0.497 e. The molecule has 178 valence electrons. The molecule has 0 radical (unpaired) electrons. The van der Waals surface area contributed by atoms with Gasteiger partial charge in [0.05, 0.1) is 23.8 Å². The number of amides is 2. The molecule has 2 N–H and O–H groups in total. The van der Waals surface area contributed by atoms with E-state index < -0.39 is 11.6 Å². The summed E-state index contributed by atoms with van der Waals surface area (Å²) in [4.78, 5) is 43.6. The van der Waals surface area contributed by atoms with Crippen LogP contribution in [0.5, 0.6) is 5.75 Å². The first kappa shape index (κ1) is 23.7. The third kappa shape index (κ3) is 4.91. The summed E-state index contributed by atoms with van der Waals surface area (Å²) < 4.78 is 6.73. The minimum absolute atomic E-state index is 0.153. The molecule has 0 aliphatic rings. The highest BCUT2D eigenvalue weighted by Gasteiger charge is 2.25. The van der Waals surface area contributed by atoms with Crippen LogP contribution >= 0.6 is 0 Å². The van der Waals surface area contributed by atoms with Crippen LogP contribution in [-0.4, -0.2) is 28.5 Å². The number of hydrogen-bond donors (Lipinski definition) is 2. The Labute approximate surface area is 202 Å². The van der Waals surface area contributed by atoms with Crippen molar-refractivity contribution in [1.29, 1.82) is 0 Å². The van der Waals surface area contributed by atoms with E-state index in [0.717, 1.165) is 0 Å². The zero-order valence-electron chi connectivity index (χ0n) is 19.7. The molecule has 8 heteroatoms. The fraction of sp³-hybridized carbons (Fsp3) is 0.185. The normalized spacial score (nSPS) is 11.6. The molecule has 0 fully saturated rings. The van der Waals surface area contributed by atoms with Crippen molar-refractivity contribution in [1.82, 2.24) is 9.55 Å². The van der Waals surface area contributed by atoms with Crippen molar-refractivity contribution in [2.75, 3.05) is 17.7 Å². The second kappa shape index (κ2) is 10.2. The summed E-state index contributed by atoms with van der Waals surface area (Å²) in [5, 5.41) is 5.66. The van der Waals surface area contributed by atoms with Crippen molar-refractivity contribution >= 4 is 34.2 Å². The molecule has 35 heavy (non-hydrogen) atoms. The van der Waals surface area contributed by atoms with Crippen molar-refractivity contribution in [2.24, 2.45) is 0 Å². The first-order chi connectivity index (χ1) is 16.9. The smallest absolute Gasteiger partial charge is 0.278 e. The second-order valence-electron chi connectivity index (χ2n) is 8.00. The van der Waals surface area contributed by atoms with Gasteiger partial charge in [-0.25, -0.2) is 4.98 Å². The lowest BCUT2D eigenvalue weighted by Crippen LogP contribution is -2.34. The molecule has 0 aliphatic carbocycles. The van der Waals surface area contributed by atoms with Gasteiger partial charge in [0.1, 0.15) is 17.5 Å². The second-order valence-corrected chi connectivity index (χ2v) is 8.00. The molecule has 1 atom stereocenters. The Hall–Kier alpha value is -4.46. The molecule has 1 aromatic heterocycles. The number of aromatic nitrogens is 2. The van der Waals surface area contributed by atoms with E-state index in [1.165, 1.54) is 11.5 Å². The number of methoxy groups -OCH3 is 1. The first-order valence-electron chi connectivity index (χ1n) is 11.3. The van der Waals surface area contributed by atoms with E-state index in [0.29, 0.717) is 40.1 Å². The summed E-state index contributed by atoms with van der Waals surface area (Å²) in [6, 6.07) is 20.4. The van der Waals surface area contributed by atoms with Crippen molar-refractivity contribution in [2.45, 2.75) is 26.3 Å². The number of anilines is 2. The van der Waals surface area contributed by atoms with Crippen molar-refractivity contribution in [3.63, 3.8) is 0 Å². The molecule has 0 bridgehead atoms. The maximum absolute atomic E-state index is 13.9. The molecule has 0 saturated carbocycles. The fourth-order valence-corrected chi connectivity index (χ4v) is 4.04. The SMILES string of the molecule is CC[C@H](C(=O)Nc1cccc(OC)c1)n1c(=O)c(-c2ccccc2NC(C)=O)nc2ccccc21. The number of rotatable bonds is 7. The molecule has 0 spiro atoms. The van der Waals surface area contributed by atoms with E-state index in [1.807, 2.05) is 13.0 Å². The Balaban J connectivity index is 1.87. The highest BCUT2D eigenvalue weighted by molar-refractivity contribution is 5.96. The van der Waals surface area contributed by atoms with E-state index in [-0.39, 0.29) is 17.5 Å². The third-order valence-electron chi connectivity index (χ3n) is 5.63. The Morgan fingerprint density at radius 2 is 1.74 bits per heavy atom. The van der Waals surface area contributed by atoms with Crippen LogP contribution in [0.1, 0.15) is 26.3 Å². The lowest BCUT2D eigenvalue weighted by Gasteiger charge is -2.21. The number of hydrogen-bond acceptors (Lipinski definition) is 5. The van der Waals surface area contributed by atoms with Gasteiger partial charge in [0.25, 0.3) is 5.56 Å². The van der Waals surface area contributed by atoms with Gasteiger partial charge in [-0.2, -0.15) is 0 Å². The number of nitrogens with zero attached hydrogens (tertiary/aromatic N) is 2. The molecule has 0 saturated heterocycles. The topological polar surface area (TPSA) is 102 Å². The number of para-hydroxylation sites is 3. The first-order valence-corrected chi connectivity index (χ1v) is 11.3. The Bertz CT molecular complexity index is 1460.